The zero-order valence-electron chi connectivity index (χ0n) is 16.3. The Morgan fingerprint density at radius 3 is 2.68 bits per heavy atom. The van der Waals surface area contributed by atoms with Crippen LogP contribution in [0, 0.1) is 0 Å². The van der Waals surface area contributed by atoms with E-state index in [-0.39, 0.29) is 23.9 Å². The van der Waals surface area contributed by atoms with Crippen LogP contribution in [0.5, 0.6) is 5.75 Å². The number of urea groups is 1. The highest BCUT2D eigenvalue weighted by Gasteiger charge is 2.28. The summed E-state index contributed by atoms with van der Waals surface area (Å²) in [5.41, 5.74) is 0.664. The van der Waals surface area contributed by atoms with E-state index in [1.807, 2.05) is 18.7 Å². The molecule has 0 saturated carbocycles. The lowest BCUT2D eigenvalue weighted by Crippen LogP contribution is -2.46. The lowest BCUT2D eigenvalue weighted by atomic mass is 9.99. The van der Waals surface area contributed by atoms with Crippen molar-refractivity contribution >= 4 is 29.0 Å². The number of ether oxygens (including phenoxy) is 1. The van der Waals surface area contributed by atoms with Gasteiger partial charge in [0, 0.05) is 30.7 Å². The molecule has 0 aliphatic carbocycles. The van der Waals surface area contributed by atoms with Crippen LogP contribution in [0.4, 0.5) is 10.5 Å². The van der Waals surface area contributed by atoms with Crippen LogP contribution in [0.3, 0.4) is 0 Å². The topological polar surface area (TPSA) is 96.4 Å². The number of methoxy groups -OCH3 is 1. The van der Waals surface area contributed by atoms with Crippen molar-refractivity contribution in [2.24, 2.45) is 0 Å². The fourth-order valence-corrected chi connectivity index (χ4v) is 3.92. The summed E-state index contributed by atoms with van der Waals surface area (Å²) in [6.07, 6.45) is 1.84. The monoisotopic (exact) mass is 403 g/mol. The molecule has 0 spiro atoms. The zero-order chi connectivity index (χ0) is 20.1. The van der Waals surface area contributed by atoms with Crippen molar-refractivity contribution in [1.29, 1.82) is 0 Å². The fraction of sp³-hybridized carbons (Fsp3) is 0.474. The molecule has 150 valence electrons. The minimum atomic E-state index is -0.292. The van der Waals surface area contributed by atoms with Crippen molar-refractivity contribution in [2.75, 3.05) is 25.5 Å². The smallest absolute Gasteiger partial charge is 0.317 e. The fourth-order valence-electron chi connectivity index (χ4n) is 3.05. The molecule has 3 rings (SSSR count). The first kappa shape index (κ1) is 20.1. The molecule has 1 aromatic carbocycles. The summed E-state index contributed by atoms with van der Waals surface area (Å²) in [6, 6.07) is 7.14. The molecule has 2 N–H and O–H groups in total. The summed E-state index contributed by atoms with van der Waals surface area (Å²) in [5.74, 6) is 0.533. The van der Waals surface area contributed by atoms with Crippen LogP contribution in [-0.4, -0.2) is 53.3 Å². The SMILES string of the molecule is COc1ccc(NC(=O)c2nnc([C@@H]3CCCN(C(=O)NC(C)C)C3)s2)cc1. The van der Waals surface area contributed by atoms with Crippen LogP contribution in [0.1, 0.15) is 47.4 Å². The number of rotatable bonds is 5. The van der Waals surface area contributed by atoms with Gasteiger partial charge in [-0.25, -0.2) is 4.79 Å². The minimum Gasteiger partial charge on any atom is -0.497 e. The predicted octanol–water partition coefficient (Wildman–Crippen LogP) is 3.10. The third kappa shape index (κ3) is 4.98. The lowest BCUT2D eigenvalue weighted by molar-refractivity contribution is 0.102. The van der Waals surface area contributed by atoms with Gasteiger partial charge in [0.1, 0.15) is 10.8 Å². The Bertz CT molecular complexity index is 821. The molecule has 2 aromatic rings. The average Bonchev–Trinajstić information content (AvgIpc) is 3.18. The molecule has 1 aromatic heterocycles. The van der Waals surface area contributed by atoms with Crippen molar-refractivity contribution in [2.45, 2.75) is 38.6 Å². The Morgan fingerprint density at radius 2 is 2.00 bits per heavy atom. The van der Waals surface area contributed by atoms with Gasteiger partial charge in [0.05, 0.1) is 7.11 Å². The van der Waals surface area contributed by atoms with Gasteiger partial charge in [0.2, 0.25) is 5.01 Å². The van der Waals surface area contributed by atoms with Crippen LogP contribution < -0.4 is 15.4 Å². The van der Waals surface area contributed by atoms with Gasteiger partial charge in [-0.05, 0) is 51.0 Å². The number of hydrogen-bond acceptors (Lipinski definition) is 6. The molecule has 9 heteroatoms. The zero-order valence-corrected chi connectivity index (χ0v) is 17.1. The predicted molar refractivity (Wildman–Crippen MR) is 108 cm³/mol. The molecule has 0 bridgehead atoms. The summed E-state index contributed by atoms with van der Waals surface area (Å²) in [5, 5.41) is 15.1. The molecule has 2 heterocycles. The van der Waals surface area contributed by atoms with Crippen LogP contribution in [0.25, 0.3) is 0 Å². The third-order valence-corrected chi connectivity index (χ3v) is 5.54. The van der Waals surface area contributed by atoms with Gasteiger partial charge in [0.25, 0.3) is 5.91 Å². The Balaban J connectivity index is 1.62. The summed E-state index contributed by atoms with van der Waals surface area (Å²) >= 11 is 1.28. The number of piperidine rings is 1. The molecular weight excluding hydrogens is 378 g/mol. The highest BCUT2D eigenvalue weighted by atomic mass is 32.1. The Kier molecular flexibility index (Phi) is 6.45. The van der Waals surface area contributed by atoms with Gasteiger partial charge in [-0.3, -0.25) is 4.79 Å². The second kappa shape index (κ2) is 9.01. The van der Waals surface area contributed by atoms with Crippen LogP contribution >= 0.6 is 11.3 Å². The Hall–Kier alpha value is -2.68. The highest BCUT2D eigenvalue weighted by Crippen LogP contribution is 2.29. The van der Waals surface area contributed by atoms with E-state index in [0.717, 1.165) is 30.1 Å². The van der Waals surface area contributed by atoms with E-state index >= 15 is 0 Å². The van der Waals surface area contributed by atoms with Crippen molar-refractivity contribution < 1.29 is 14.3 Å². The van der Waals surface area contributed by atoms with Gasteiger partial charge < -0.3 is 20.3 Å². The maximum atomic E-state index is 12.4. The number of hydrogen-bond donors (Lipinski definition) is 2. The van der Waals surface area contributed by atoms with E-state index in [2.05, 4.69) is 20.8 Å². The molecule has 1 fully saturated rings. The standard InChI is InChI=1S/C19H25N5O3S/c1-12(2)20-19(26)24-10-4-5-13(11-24)17-22-23-18(28-17)16(25)21-14-6-8-15(27-3)9-7-14/h6-9,12-13H,4-5,10-11H2,1-3H3,(H,20,26)(H,21,25)/t13-/m1/s1. The second-order valence-electron chi connectivity index (χ2n) is 7.02. The molecule has 1 aliphatic heterocycles. The summed E-state index contributed by atoms with van der Waals surface area (Å²) in [6.45, 7) is 5.21. The van der Waals surface area contributed by atoms with Crippen molar-refractivity contribution in [3.63, 3.8) is 0 Å². The maximum Gasteiger partial charge on any atom is 0.317 e. The number of likely N-dealkylation sites (tertiary alicyclic amines) is 1. The van der Waals surface area contributed by atoms with E-state index in [0.29, 0.717) is 17.2 Å². The molecule has 0 unspecified atom stereocenters. The normalized spacial score (nSPS) is 16.7. The molecule has 28 heavy (non-hydrogen) atoms. The number of anilines is 1. The maximum absolute atomic E-state index is 12.4. The first-order valence-electron chi connectivity index (χ1n) is 9.30. The van der Waals surface area contributed by atoms with Crippen LogP contribution in [0.15, 0.2) is 24.3 Å². The van der Waals surface area contributed by atoms with E-state index in [4.69, 9.17) is 4.74 Å². The molecule has 1 atom stereocenters. The molecule has 8 nitrogen and oxygen atoms in total. The van der Waals surface area contributed by atoms with E-state index in [9.17, 15) is 9.59 Å². The number of carbonyl (C=O) groups excluding carboxylic acids is 2. The van der Waals surface area contributed by atoms with E-state index in [1.165, 1.54) is 11.3 Å². The number of nitrogens with one attached hydrogen (secondary N) is 2. The summed E-state index contributed by atoms with van der Waals surface area (Å²) in [7, 11) is 1.59. The molecule has 3 amide bonds. The number of benzene rings is 1. The number of aromatic nitrogens is 2. The largest absolute Gasteiger partial charge is 0.497 e. The first-order chi connectivity index (χ1) is 13.5. The number of nitrogens with zero attached hydrogens (tertiary/aromatic N) is 3. The van der Waals surface area contributed by atoms with Gasteiger partial charge in [0.15, 0.2) is 0 Å². The summed E-state index contributed by atoms with van der Waals surface area (Å²) < 4.78 is 5.11. The molecular formula is C19H25N5O3S. The highest BCUT2D eigenvalue weighted by molar-refractivity contribution is 7.13. The molecule has 0 radical (unpaired) electrons. The molecule has 1 aliphatic rings. The summed E-state index contributed by atoms with van der Waals surface area (Å²) in [4.78, 5) is 26.5. The number of carbonyl (C=O) groups is 2. The van der Waals surface area contributed by atoms with Crippen molar-refractivity contribution in [3.05, 3.63) is 34.3 Å². The Labute approximate surface area is 168 Å². The van der Waals surface area contributed by atoms with Gasteiger partial charge in [-0.15, -0.1) is 10.2 Å². The second-order valence-corrected chi connectivity index (χ2v) is 8.03. The average molecular weight is 404 g/mol. The van der Waals surface area contributed by atoms with Crippen LogP contribution in [-0.2, 0) is 0 Å². The van der Waals surface area contributed by atoms with Gasteiger partial charge in [-0.2, -0.15) is 0 Å². The third-order valence-electron chi connectivity index (χ3n) is 4.45. The van der Waals surface area contributed by atoms with E-state index < -0.39 is 0 Å². The van der Waals surface area contributed by atoms with Crippen LogP contribution in [0.2, 0.25) is 0 Å². The van der Waals surface area contributed by atoms with E-state index in [1.54, 1.807) is 31.4 Å². The molecule has 1 saturated heterocycles. The van der Waals surface area contributed by atoms with Gasteiger partial charge >= 0.3 is 6.03 Å². The van der Waals surface area contributed by atoms with Crippen molar-refractivity contribution in [3.8, 4) is 5.75 Å². The van der Waals surface area contributed by atoms with Gasteiger partial charge in [-0.1, -0.05) is 11.3 Å². The first-order valence-corrected chi connectivity index (χ1v) is 10.1. The Morgan fingerprint density at radius 1 is 1.25 bits per heavy atom. The quantitative estimate of drug-likeness (QED) is 0.800. The number of amides is 3. The van der Waals surface area contributed by atoms with Crippen molar-refractivity contribution in [1.82, 2.24) is 20.4 Å². The minimum absolute atomic E-state index is 0.0540. The lowest BCUT2D eigenvalue weighted by Gasteiger charge is -2.32.